The van der Waals surface area contributed by atoms with E-state index in [2.05, 4.69) is 15.5 Å². The van der Waals surface area contributed by atoms with E-state index in [0.29, 0.717) is 6.54 Å². The summed E-state index contributed by atoms with van der Waals surface area (Å²) in [5, 5.41) is 5.58. The number of amides is 2. The van der Waals surface area contributed by atoms with Gasteiger partial charge in [0.25, 0.3) is 0 Å². The first-order valence-corrected chi connectivity index (χ1v) is 9.23. The molecule has 1 aromatic rings. The van der Waals surface area contributed by atoms with Gasteiger partial charge in [0.15, 0.2) is 5.82 Å². The van der Waals surface area contributed by atoms with Crippen molar-refractivity contribution in [2.75, 3.05) is 25.0 Å². The number of hydrogen-bond acceptors (Lipinski definition) is 3. The van der Waals surface area contributed by atoms with Crippen molar-refractivity contribution in [3.8, 4) is 0 Å². The number of nitrogens with one attached hydrogen (secondary N) is 2. The summed E-state index contributed by atoms with van der Waals surface area (Å²) in [4.78, 5) is 26.4. The summed E-state index contributed by atoms with van der Waals surface area (Å²) in [7, 11) is 0. The third-order valence-electron chi connectivity index (χ3n) is 4.94. The van der Waals surface area contributed by atoms with Crippen LogP contribution in [0.2, 0.25) is 5.02 Å². The summed E-state index contributed by atoms with van der Waals surface area (Å²) < 4.78 is 13.9. The predicted octanol–water partition coefficient (Wildman–Crippen LogP) is 3.04. The molecule has 3 rings (SSSR count). The Kier molecular flexibility index (Phi) is 5.01. The van der Waals surface area contributed by atoms with E-state index in [1.54, 1.807) is 6.07 Å². The monoisotopic (exact) mass is 381 g/mol. The van der Waals surface area contributed by atoms with Crippen LogP contribution in [0.25, 0.3) is 0 Å². The number of rotatable bonds is 4. The Balaban J connectivity index is 1.43. The minimum absolute atomic E-state index is 0.00366. The molecule has 1 aliphatic carbocycles. The Labute approximate surface area is 158 Å². The third kappa shape index (κ3) is 4.18. The second-order valence-corrected chi connectivity index (χ2v) is 9.05. The Morgan fingerprint density at radius 2 is 1.96 bits per heavy atom. The number of anilines is 1. The minimum Gasteiger partial charge on any atom is -0.350 e. The van der Waals surface area contributed by atoms with E-state index in [1.165, 1.54) is 12.1 Å². The van der Waals surface area contributed by atoms with Gasteiger partial charge >= 0.3 is 0 Å². The molecule has 1 aliphatic heterocycles. The quantitative estimate of drug-likeness (QED) is 0.842. The lowest BCUT2D eigenvalue weighted by Gasteiger charge is -2.58. The molecule has 0 aromatic heterocycles. The van der Waals surface area contributed by atoms with Gasteiger partial charge < -0.3 is 10.6 Å². The number of hydrogen-bond donors (Lipinski definition) is 2. The average Bonchev–Trinajstić information content (AvgIpc) is 2.42. The predicted molar refractivity (Wildman–Crippen MR) is 99.5 cm³/mol. The van der Waals surface area contributed by atoms with Gasteiger partial charge in [-0.3, -0.25) is 14.5 Å². The van der Waals surface area contributed by atoms with Crippen LogP contribution in [0, 0.1) is 17.2 Å². The van der Waals surface area contributed by atoms with Crippen LogP contribution in [0.5, 0.6) is 0 Å². The van der Waals surface area contributed by atoms with E-state index in [9.17, 15) is 14.0 Å². The van der Waals surface area contributed by atoms with Gasteiger partial charge in [-0.25, -0.2) is 4.39 Å². The molecule has 2 aliphatic rings. The van der Waals surface area contributed by atoms with Crippen LogP contribution in [0.15, 0.2) is 18.2 Å². The smallest absolute Gasteiger partial charge is 0.234 e. The largest absolute Gasteiger partial charge is 0.350 e. The first-order chi connectivity index (χ1) is 12.1. The van der Waals surface area contributed by atoms with Gasteiger partial charge in [0.2, 0.25) is 11.8 Å². The van der Waals surface area contributed by atoms with Gasteiger partial charge in [0.05, 0.1) is 17.3 Å². The molecule has 5 nitrogen and oxygen atoms in total. The summed E-state index contributed by atoms with van der Waals surface area (Å²) >= 11 is 5.73. The van der Waals surface area contributed by atoms with Gasteiger partial charge in [-0.05, 0) is 51.2 Å². The van der Waals surface area contributed by atoms with Gasteiger partial charge in [-0.15, -0.1) is 0 Å². The molecule has 1 spiro atoms. The summed E-state index contributed by atoms with van der Waals surface area (Å²) in [6.45, 7) is 7.94. The number of likely N-dealkylation sites (tertiary alicyclic amines) is 1. The fourth-order valence-corrected chi connectivity index (χ4v) is 4.11. The van der Waals surface area contributed by atoms with Crippen LogP contribution in [0.4, 0.5) is 10.1 Å². The van der Waals surface area contributed by atoms with E-state index in [4.69, 9.17) is 11.6 Å². The fourth-order valence-electron chi connectivity index (χ4n) is 3.94. The van der Waals surface area contributed by atoms with Crippen molar-refractivity contribution in [2.45, 2.75) is 39.2 Å². The molecular formula is C19H25ClFN3O2. The third-order valence-corrected chi connectivity index (χ3v) is 5.23. The highest BCUT2D eigenvalue weighted by Gasteiger charge is 2.54. The molecular weight excluding hydrogens is 357 g/mol. The van der Waals surface area contributed by atoms with Gasteiger partial charge in [0.1, 0.15) is 0 Å². The topological polar surface area (TPSA) is 61.4 Å². The number of nitrogens with zero attached hydrogens (tertiary/aromatic N) is 1. The molecule has 2 fully saturated rings. The summed E-state index contributed by atoms with van der Waals surface area (Å²) in [6, 6.07) is 4.56. The van der Waals surface area contributed by atoms with E-state index in [1.807, 2.05) is 20.8 Å². The van der Waals surface area contributed by atoms with Crippen LogP contribution >= 0.6 is 11.6 Å². The van der Waals surface area contributed by atoms with Crippen molar-refractivity contribution in [2.24, 2.45) is 11.3 Å². The Morgan fingerprint density at radius 1 is 1.31 bits per heavy atom. The van der Waals surface area contributed by atoms with E-state index < -0.39 is 5.82 Å². The molecule has 1 aromatic carbocycles. The molecule has 0 atom stereocenters. The van der Waals surface area contributed by atoms with Crippen LogP contribution in [0.1, 0.15) is 33.6 Å². The molecule has 0 unspecified atom stereocenters. The minimum atomic E-state index is -0.601. The number of carbonyl (C=O) groups excluding carboxylic acids is 2. The maximum atomic E-state index is 13.9. The molecule has 7 heteroatoms. The van der Waals surface area contributed by atoms with Crippen molar-refractivity contribution in [3.63, 3.8) is 0 Å². The van der Waals surface area contributed by atoms with Gasteiger partial charge in [-0.2, -0.15) is 0 Å². The van der Waals surface area contributed by atoms with E-state index in [-0.39, 0.29) is 39.4 Å². The number of benzene rings is 1. The molecule has 2 N–H and O–H groups in total. The van der Waals surface area contributed by atoms with Crippen LogP contribution in [0.3, 0.4) is 0 Å². The Bertz CT molecular complexity index is 718. The van der Waals surface area contributed by atoms with Crippen molar-refractivity contribution in [1.29, 1.82) is 0 Å². The molecule has 2 amide bonds. The molecule has 1 saturated carbocycles. The summed E-state index contributed by atoms with van der Waals surface area (Å²) in [6.07, 6.45) is 1.55. The highest BCUT2D eigenvalue weighted by atomic mass is 35.5. The Morgan fingerprint density at radius 3 is 2.58 bits per heavy atom. The van der Waals surface area contributed by atoms with Crippen LogP contribution < -0.4 is 10.6 Å². The van der Waals surface area contributed by atoms with Gasteiger partial charge in [-0.1, -0.05) is 17.7 Å². The van der Waals surface area contributed by atoms with Crippen LogP contribution in [-0.4, -0.2) is 41.9 Å². The molecule has 0 bridgehead atoms. The average molecular weight is 382 g/mol. The van der Waals surface area contributed by atoms with Crippen molar-refractivity contribution < 1.29 is 14.0 Å². The zero-order valence-electron chi connectivity index (χ0n) is 15.4. The van der Waals surface area contributed by atoms with Gasteiger partial charge in [0, 0.05) is 24.5 Å². The standard InChI is InChI=1S/C19H25ClFN3O2/c1-18(2,3)23-15(25)9-24-10-19(11-24)7-12(8-19)17(26)22-14-6-4-5-13(20)16(14)21/h4-6,12H,7-11H2,1-3H3,(H,22,26)(H,23,25). The SMILES string of the molecule is CC(C)(C)NC(=O)CN1CC2(CC(C(=O)Nc3cccc(Cl)c3F)C2)C1. The second kappa shape index (κ2) is 6.82. The van der Waals surface area contributed by atoms with Crippen LogP contribution in [-0.2, 0) is 9.59 Å². The first kappa shape index (κ1) is 19.1. The van der Waals surface area contributed by atoms with Crippen molar-refractivity contribution in [1.82, 2.24) is 10.2 Å². The second-order valence-electron chi connectivity index (χ2n) is 8.64. The first-order valence-electron chi connectivity index (χ1n) is 8.85. The lowest BCUT2D eigenvalue weighted by Crippen LogP contribution is -2.65. The highest BCUT2D eigenvalue weighted by molar-refractivity contribution is 6.31. The maximum Gasteiger partial charge on any atom is 0.234 e. The molecule has 142 valence electrons. The van der Waals surface area contributed by atoms with E-state index in [0.717, 1.165) is 25.9 Å². The maximum absolute atomic E-state index is 13.9. The molecule has 0 radical (unpaired) electrons. The van der Waals surface area contributed by atoms with Crippen molar-refractivity contribution in [3.05, 3.63) is 29.0 Å². The molecule has 26 heavy (non-hydrogen) atoms. The normalized spacial score (nSPS) is 19.6. The fraction of sp³-hybridized carbons (Fsp3) is 0.579. The lowest BCUT2D eigenvalue weighted by atomic mass is 9.57. The Hall–Kier alpha value is -1.66. The summed E-state index contributed by atoms with van der Waals surface area (Å²) in [5.41, 5.74) is 0.0312. The van der Waals surface area contributed by atoms with Crippen molar-refractivity contribution >= 4 is 29.1 Å². The molecule has 1 saturated heterocycles. The lowest BCUT2D eigenvalue weighted by molar-refractivity contribution is -0.144. The zero-order valence-corrected chi connectivity index (χ0v) is 16.1. The number of carbonyl (C=O) groups is 2. The highest BCUT2D eigenvalue weighted by Crippen LogP contribution is 2.52. The van der Waals surface area contributed by atoms with E-state index >= 15 is 0 Å². The summed E-state index contributed by atoms with van der Waals surface area (Å²) in [5.74, 6) is -0.853. The zero-order chi connectivity index (χ0) is 19.1. The number of halogens is 2. The molecule has 1 heterocycles.